The number of nitrogen functional groups attached to an aromatic ring is 1. The zero-order valence-corrected chi connectivity index (χ0v) is 13.2. The summed E-state index contributed by atoms with van der Waals surface area (Å²) in [5, 5.41) is 7.90. The number of ether oxygens (including phenoxy) is 1. The smallest absolute Gasteiger partial charge is 0.150 e. The van der Waals surface area contributed by atoms with Crippen LogP contribution in [-0.2, 0) is 6.54 Å². The fourth-order valence-electron chi connectivity index (χ4n) is 2.02. The van der Waals surface area contributed by atoms with Gasteiger partial charge in [-0.15, -0.1) is 0 Å². The van der Waals surface area contributed by atoms with E-state index >= 15 is 0 Å². The number of methoxy groups -OCH3 is 1. The fraction of sp³-hybridized carbons (Fsp3) is 0.133. The molecule has 0 saturated heterocycles. The number of aromatic nitrogens is 4. The molecule has 8 heteroatoms. The molecule has 1 aromatic carbocycles. The number of hydrogen-bond acceptors (Lipinski definition) is 6. The molecule has 23 heavy (non-hydrogen) atoms. The van der Waals surface area contributed by atoms with Crippen molar-refractivity contribution in [1.82, 2.24) is 19.7 Å². The monoisotopic (exact) mass is 330 g/mol. The van der Waals surface area contributed by atoms with Crippen LogP contribution in [0.2, 0.25) is 5.02 Å². The fourth-order valence-corrected chi connectivity index (χ4v) is 2.18. The summed E-state index contributed by atoms with van der Waals surface area (Å²) in [5.74, 6) is 1.53. The van der Waals surface area contributed by atoms with Gasteiger partial charge in [0.25, 0.3) is 0 Å². The van der Waals surface area contributed by atoms with Crippen molar-refractivity contribution in [2.75, 3.05) is 18.2 Å². The molecule has 0 aliphatic rings. The van der Waals surface area contributed by atoms with Crippen molar-refractivity contribution in [2.45, 2.75) is 6.54 Å². The van der Waals surface area contributed by atoms with Gasteiger partial charge in [0.05, 0.1) is 25.0 Å². The Labute approximate surface area is 138 Å². The maximum Gasteiger partial charge on any atom is 0.150 e. The van der Waals surface area contributed by atoms with Crippen LogP contribution in [0.4, 0.5) is 11.6 Å². The number of benzene rings is 1. The van der Waals surface area contributed by atoms with Crippen LogP contribution in [0.25, 0.3) is 5.69 Å². The predicted octanol–water partition coefficient (Wildman–Crippen LogP) is 2.52. The number of hydrogen-bond donors (Lipinski definition) is 2. The minimum atomic E-state index is 0.243. The van der Waals surface area contributed by atoms with Crippen LogP contribution in [0.15, 0.2) is 42.9 Å². The normalized spacial score (nSPS) is 10.5. The summed E-state index contributed by atoms with van der Waals surface area (Å²) in [6.07, 6.45) is 3.24. The minimum Gasteiger partial charge on any atom is -0.497 e. The number of halogens is 1. The van der Waals surface area contributed by atoms with Crippen molar-refractivity contribution in [2.24, 2.45) is 0 Å². The number of nitrogens with two attached hydrogens (primary N) is 1. The van der Waals surface area contributed by atoms with Crippen molar-refractivity contribution >= 4 is 23.2 Å². The summed E-state index contributed by atoms with van der Waals surface area (Å²) < 4.78 is 6.93. The van der Waals surface area contributed by atoms with Gasteiger partial charge < -0.3 is 15.8 Å². The van der Waals surface area contributed by atoms with E-state index in [1.54, 1.807) is 11.8 Å². The first kappa shape index (κ1) is 15.1. The van der Waals surface area contributed by atoms with Crippen LogP contribution in [0.3, 0.4) is 0 Å². The molecule has 0 atom stereocenters. The molecule has 0 aliphatic carbocycles. The van der Waals surface area contributed by atoms with Gasteiger partial charge in [0.1, 0.15) is 22.9 Å². The molecule has 0 aliphatic heterocycles. The van der Waals surface area contributed by atoms with Crippen molar-refractivity contribution in [3.8, 4) is 11.4 Å². The minimum absolute atomic E-state index is 0.243. The van der Waals surface area contributed by atoms with Gasteiger partial charge in [-0.05, 0) is 30.3 Å². The molecular formula is C15H15ClN6O. The van der Waals surface area contributed by atoms with Gasteiger partial charge >= 0.3 is 0 Å². The standard InChI is InChI=1S/C15H15ClN6O/c1-23-12-4-2-11(3-5-12)22-7-6-10(21-22)8-18-15-13(16)14(17)19-9-20-15/h2-7,9H,8H2,1H3,(H3,17,18,19,20). The second kappa shape index (κ2) is 6.53. The highest BCUT2D eigenvalue weighted by Crippen LogP contribution is 2.23. The van der Waals surface area contributed by atoms with E-state index in [-0.39, 0.29) is 5.82 Å². The Balaban J connectivity index is 1.70. The van der Waals surface area contributed by atoms with E-state index in [9.17, 15) is 0 Å². The molecule has 118 valence electrons. The SMILES string of the molecule is COc1ccc(-n2ccc(CNc3ncnc(N)c3Cl)n2)cc1. The van der Waals surface area contributed by atoms with Gasteiger partial charge in [0.2, 0.25) is 0 Å². The number of nitrogens with one attached hydrogen (secondary N) is 1. The highest BCUT2D eigenvalue weighted by Gasteiger charge is 2.07. The van der Waals surface area contributed by atoms with E-state index in [0.717, 1.165) is 17.1 Å². The van der Waals surface area contributed by atoms with Gasteiger partial charge in [-0.2, -0.15) is 5.10 Å². The third-order valence-corrected chi connectivity index (χ3v) is 3.61. The lowest BCUT2D eigenvalue weighted by atomic mass is 10.3. The summed E-state index contributed by atoms with van der Waals surface area (Å²) in [7, 11) is 1.64. The van der Waals surface area contributed by atoms with Crippen LogP contribution in [0.5, 0.6) is 5.75 Å². The van der Waals surface area contributed by atoms with E-state index in [1.807, 2.05) is 36.5 Å². The van der Waals surface area contributed by atoms with Crippen molar-refractivity contribution in [3.05, 3.63) is 53.6 Å². The molecule has 3 rings (SSSR count). The summed E-state index contributed by atoms with van der Waals surface area (Å²) in [5.41, 5.74) is 7.43. The number of anilines is 2. The summed E-state index contributed by atoms with van der Waals surface area (Å²) in [6.45, 7) is 0.472. The number of nitrogens with zero attached hydrogens (tertiary/aromatic N) is 4. The quantitative estimate of drug-likeness (QED) is 0.747. The topological polar surface area (TPSA) is 90.9 Å². The first-order chi connectivity index (χ1) is 11.2. The van der Waals surface area contributed by atoms with Crippen LogP contribution in [0.1, 0.15) is 5.69 Å². The Bertz CT molecular complexity index is 802. The Morgan fingerprint density at radius 2 is 2.00 bits per heavy atom. The zero-order valence-electron chi connectivity index (χ0n) is 12.4. The molecule has 0 radical (unpaired) electrons. The first-order valence-corrected chi connectivity index (χ1v) is 7.24. The summed E-state index contributed by atoms with van der Waals surface area (Å²) in [4.78, 5) is 7.87. The van der Waals surface area contributed by atoms with Gasteiger partial charge in [-0.25, -0.2) is 14.6 Å². The van der Waals surface area contributed by atoms with E-state index in [2.05, 4.69) is 20.4 Å². The van der Waals surface area contributed by atoms with Crippen LogP contribution in [-0.4, -0.2) is 26.9 Å². The largest absolute Gasteiger partial charge is 0.497 e. The molecule has 3 aromatic rings. The third kappa shape index (κ3) is 3.35. The Kier molecular flexibility index (Phi) is 4.29. The average Bonchev–Trinajstić information content (AvgIpc) is 3.05. The molecular weight excluding hydrogens is 316 g/mol. The molecule has 3 N–H and O–H groups in total. The molecule has 0 unspecified atom stereocenters. The van der Waals surface area contributed by atoms with Gasteiger partial charge in [0, 0.05) is 6.20 Å². The van der Waals surface area contributed by atoms with Crippen molar-refractivity contribution in [3.63, 3.8) is 0 Å². The second-order valence-corrected chi connectivity index (χ2v) is 5.10. The van der Waals surface area contributed by atoms with Crippen molar-refractivity contribution in [1.29, 1.82) is 0 Å². The molecule has 7 nitrogen and oxygen atoms in total. The van der Waals surface area contributed by atoms with E-state index in [0.29, 0.717) is 17.4 Å². The highest BCUT2D eigenvalue weighted by molar-refractivity contribution is 6.35. The van der Waals surface area contributed by atoms with Crippen LogP contribution < -0.4 is 15.8 Å². The van der Waals surface area contributed by atoms with E-state index in [1.165, 1.54) is 6.33 Å². The lowest BCUT2D eigenvalue weighted by molar-refractivity contribution is 0.414. The summed E-state index contributed by atoms with van der Waals surface area (Å²) >= 11 is 6.04. The maximum absolute atomic E-state index is 6.04. The molecule has 2 aromatic heterocycles. The lowest BCUT2D eigenvalue weighted by Gasteiger charge is -2.06. The molecule has 0 bridgehead atoms. The maximum atomic E-state index is 6.04. The Hall–Kier alpha value is -2.80. The number of rotatable bonds is 5. The van der Waals surface area contributed by atoms with E-state index < -0.39 is 0 Å². The molecule has 0 saturated carbocycles. The third-order valence-electron chi connectivity index (χ3n) is 3.23. The van der Waals surface area contributed by atoms with Crippen LogP contribution in [0, 0.1) is 0 Å². The zero-order chi connectivity index (χ0) is 16.2. The first-order valence-electron chi connectivity index (χ1n) is 6.86. The van der Waals surface area contributed by atoms with Gasteiger partial charge in [0.15, 0.2) is 5.82 Å². The lowest BCUT2D eigenvalue weighted by Crippen LogP contribution is -2.05. The highest BCUT2D eigenvalue weighted by atomic mass is 35.5. The van der Waals surface area contributed by atoms with Gasteiger partial charge in [-0.3, -0.25) is 0 Å². The Morgan fingerprint density at radius 3 is 2.74 bits per heavy atom. The Morgan fingerprint density at radius 1 is 1.22 bits per heavy atom. The van der Waals surface area contributed by atoms with Crippen molar-refractivity contribution < 1.29 is 4.74 Å². The molecule has 0 amide bonds. The van der Waals surface area contributed by atoms with E-state index in [4.69, 9.17) is 22.1 Å². The predicted molar refractivity (Wildman–Crippen MR) is 88.9 cm³/mol. The molecule has 2 heterocycles. The molecule has 0 fully saturated rings. The van der Waals surface area contributed by atoms with Crippen LogP contribution >= 0.6 is 11.6 Å². The molecule has 0 spiro atoms. The summed E-state index contributed by atoms with van der Waals surface area (Å²) in [6, 6.07) is 9.56. The second-order valence-electron chi connectivity index (χ2n) is 4.72. The average molecular weight is 331 g/mol. The van der Waals surface area contributed by atoms with Gasteiger partial charge in [-0.1, -0.05) is 11.6 Å².